The number of hydrogen-bond acceptors (Lipinski definition) is 4. The molecule has 2 rings (SSSR count). The molecule has 1 aliphatic heterocycles. The summed E-state index contributed by atoms with van der Waals surface area (Å²) < 4.78 is 42.9. The maximum absolute atomic E-state index is 12.5. The predicted octanol–water partition coefficient (Wildman–Crippen LogP) is 2.13. The lowest BCUT2D eigenvalue weighted by molar-refractivity contribution is -0.141. The molecule has 1 aromatic rings. The number of ether oxygens (including phenoxy) is 1. The molecule has 3 nitrogen and oxygen atoms in total. The summed E-state index contributed by atoms with van der Waals surface area (Å²) in [4.78, 5) is 3.82. The average Bonchev–Trinajstić information content (AvgIpc) is 2.61. The van der Waals surface area contributed by atoms with Gasteiger partial charge in [0.25, 0.3) is 0 Å². The van der Waals surface area contributed by atoms with E-state index in [4.69, 9.17) is 4.74 Å². The topological polar surface area (TPSA) is 34.1 Å². The van der Waals surface area contributed by atoms with E-state index in [0.29, 0.717) is 18.2 Å². The summed E-state index contributed by atoms with van der Waals surface area (Å²) in [7, 11) is 0. The van der Waals surface area contributed by atoms with E-state index in [1.54, 1.807) is 0 Å². The molecule has 0 radical (unpaired) electrons. The number of aromatic nitrogens is 1. The molecule has 0 spiro atoms. The summed E-state index contributed by atoms with van der Waals surface area (Å²) in [6.07, 6.45) is -4.73. The van der Waals surface area contributed by atoms with Gasteiger partial charge in [-0.1, -0.05) is 0 Å². The van der Waals surface area contributed by atoms with E-state index in [1.807, 2.05) is 0 Å². The van der Waals surface area contributed by atoms with E-state index < -0.39 is 11.9 Å². The zero-order valence-electron chi connectivity index (χ0n) is 8.60. The Morgan fingerprint density at radius 1 is 1.50 bits per heavy atom. The molecule has 1 N–H and O–H groups in total. The Labute approximate surface area is 94.6 Å². The van der Waals surface area contributed by atoms with Gasteiger partial charge in [0.2, 0.25) is 0 Å². The van der Waals surface area contributed by atoms with Gasteiger partial charge in [0, 0.05) is 18.0 Å². The molecule has 1 aromatic heterocycles. The highest BCUT2D eigenvalue weighted by atomic mass is 32.1. The second-order valence-corrected chi connectivity index (χ2v) is 4.75. The third-order valence-electron chi connectivity index (χ3n) is 2.28. The van der Waals surface area contributed by atoms with Crippen LogP contribution in [0.1, 0.15) is 21.7 Å². The Kier molecular flexibility index (Phi) is 3.18. The zero-order valence-corrected chi connectivity index (χ0v) is 9.41. The number of hydrogen-bond donors (Lipinski definition) is 1. The smallest absolute Gasteiger partial charge is 0.368 e. The number of thiazole rings is 1. The van der Waals surface area contributed by atoms with E-state index in [1.165, 1.54) is 6.92 Å². The van der Waals surface area contributed by atoms with Crippen LogP contribution in [0.5, 0.6) is 0 Å². The predicted molar refractivity (Wildman–Crippen MR) is 53.4 cm³/mol. The number of nitrogens with one attached hydrogen (secondary N) is 1. The molecule has 2 heterocycles. The van der Waals surface area contributed by atoms with Crippen molar-refractivity contribution in [2.75, 3.05) is 19.7 Å². The summed E-state index contributed by atoms with van der Waals surface area (Å²) in [6, 6.07) is 0. The summed E-state index contributed by atoms with van der Waals surface area (Å²) in [5, 5.41) is 3.46. The third kappa shape index (κ3) is 2.36. The molecule has 1 aliphatic rings. The SMILES string of the molecule is Cc1sc(C2CNCCO2)nc1C(F)(F)F. The van der Waals surface area contributed by atoms with E-state index in [-0.39, 0.29) is 11.0 Å². The van der Waals surface area contributed by atoms with Crippen molar-refractivity contribution in [1.82, 2.24) is 10.3 Å². The van der Waals surface area contributed by atoms with Gasteiger partial charge in [0.05, 0.1) is 6.61 Å². The normalized spacial score (nSPS) is 22.4. The molecule has 7 heteroatoms. The Morgan fingerprint density at radius 3 is 2.75 bits per heavy atom. The first-order valence-corrected chi connectivity index (χ1v) is 5.67. The standard InChI is InChI=1S/C9H11F3N2OS/c1-5-7(9(10,11)12)14-8(16-5)6-4-13-2-3-15-6/h6,13H,2-4H2,1H3. The Hall–Kier alpha value is -0.660. The van der Waals surface area contributed by atoms with Crippen molar-refractivity contribution < 1.29 is 17.9 Å². The van der Waals surface area contributed by atoms with E-state index in [9.17, 15) is 13.2 Å². The molecule has 0 amide bonds. The minimum atomic E-state index is -4.37. The van der Waals surface area contributed by atoms with Crippen molar-refractivity contribution in [2.24, 2.45) is 0 Å². The van der Waals surface area contributed by atoms with Crippen molar-refractivity contribution in [3.8, 4) is 0 Å². The van der Waals surface area contributed by atoms with Crippen molar-refractivity contribution in [3.05, 3.63) is 15.6 Å². The molecule has 1 fully saturated rings. The van der Waals surface area contributed by atoms with E-state index in [2.05, 4.69) is 10.3 Å². The molecule has 1 saturated heterocycles. The maximum Gasteiger partial charge on any atom is 0.434 e. The number of halogens is 3. The maximum atomic E-state index is 12.5. The molecule has 90 valence electrons. The molecule has 0 saturated carbocycles. The lowest BCUT2D eigenvalue weighted by Crippen LogP contribution is -2.33. The molecular formula is C9H11F3N2OS. The number of alkyl halides is 3. The van der Waals surface area contributed by atoms with Gasteiger partial charge in [-0.15, -0.1) is 11.3 Å². The molecule has 0 bridgehead atoms. The minimum Gasteiger partial charge on any atom is -0.368 e. The molecular weight excluding hydrogens is 241 g/mol. The monoisotopic (exact) mass is 252 g/mol. The van der Waals surface area contributed by atoms with Crippen LogP contribution in [0, 0.1) is 6.92 Å². The van der Waals surface area contributed by atoms with Crippen molar-refractivity contribution >= 4 is 11.3 Å². The molecule has 1 atom stereocenters. The van der Waals surface area contributed by atoms with Gasteiger partial charge in [-0.3, -0.25) is 0 Å². The van der Waals surface area contributed by atoms with E-state index >= 15 is 0 Å². The van der Waals surface area contributed by atoms with Gasteiger partial charge in [-0.05, 0) is 6.92 Å². The van der Waals surface area contributed by atoms with Gasteiger partial charge < -0.3 is 10.1 Å². The van der Waals surface area contributed by atoms with Crippen molar-refractivity contribution in [1.29, 1.82) is 0 Å². The van der Waals surface area contributed by atoms with Crippen LogP contribution in [0.25, 0.3) is 0 Å². The summed E-state index contributed by atoms with van der Waals surface area (Å²) in [6.45, 7) is 3.18. The molecule has 0 aliphatic carbocycles. The summed E-state index contributed by atoms with van der Waals surface area (Å²) in [5.74, 6) is 0. The molecule has 1 unspecified atom stereocenters. The highest BCUT2D eigenvalue weighted by Crippen LogP contribution is 2.36. The van der Waals surface area contributed by atoms with Gasteiger partial charge in [-0.25, -0.2) is 4.98 Å². The number of morpholine rings is 1. The first-order valence-electron chi connectivity index (χ1n) is 4.85. The van der Waals surface area contributed by atoms with Crippen molar-refractivity contribution in [3.63, 3.8) is 0 Å². The zero-order chi connectivity index (χ0) is 11.8. The second-order valence-electron chi connectivity index (χ2n) is 3.52. The fourth-order valence-electron chi connectivity index (χ4n) is 1.54. The van der Waals surface area contributed by atoms with Crippen LogP contribution in [0.3, 0.4) is 0 Å². The fraction of sp³-hybridized carbons (Fsp3) is 0.667. The van der Waals surface area contributed by atoms with Gasteiger partial charge >= 0.3 is 6.18 Å². The Bertz CT molecular complexity index is 371. The number of aryl methyl sites for hydroxylation is 1. The Morgan fingerprint density at radius 2 is 2.25 bits per heavy atom. The first-order chi connectivity index (χ1) is 7.48. The highest BCUT2D eigenvalue weighted by Gasteiger charge is 2.37. The number of rotatable bonds is 1. The van der Waals surface area contributed by atoms with Crippen LogP contribution in [0.15, 0.2) is 0 Å². The minimum absolute atomic E-state index is 0.191. The molecule has 16 heavy (non-hydrogen) atoms. The second kappa shape index (κ2) is 4.31. The average molecular weight is 252 g/mol. The van der Waals surface area contributed by atoms with E-state index in [0.717, 1.165) is 17.9 Å². The third-order valence-corrected chi connectivity index (χ3v) is 3.35. The fourth-order valence-corrected chi connectivity index (χ4v) is 2.53. The lowest BCUT2D eigenvalue weighted by atomic mass is 10.3. The highest BCUT2D eigenvalue weighted by molar-refractivity contribution is 7.11. The number of nitrogens with zero attached hydrogens (tertiary/aromatic N) is 1. The van der Waals surface area contributed by atoms with Gasteiger partial charge in [0.15, 0.2) is 5.69 Å². The van der Waals surface area contributed by atoms with Gasteiger partial charge in [0.1, 0.15) is 11.1 Å². The van der Waals surface area contributed by atoms with Crippen LogP contribution < -0.4 is 5.32 Å². The van der Waals surface area contributed by atoms with Crippen molar-refractivity contribution in [2.45, 2.75) is 19.2 Å². The van der Waals surface area contributed by atoms with Crippen LogP contribution in [-0.4, -0.2) is 24.7 Å². The van der Waals surface area contributed by atoms with Gasteiger partial charge in [-0.2, -0.15) is 13.2 Å². The first kappa shape index (κ1) is 11.8. The summed E-state index contributed by atoms with van der Waals surface area (Å²) >= 11 is 1.05. The van der Waals surface area contributed by atoms with Crippen LogP contribution >= 0.6 is 11.3 Å². The van der Waals surface area contributed by atoms with Crippen LogP contribution in [0.2, 0.25) is 0 Å². The summed E-state index contributed by atoms with van der Waals surface area (Å²) in [5.41, 5.74) is -0.790. The largest absolute Gasteiger partial charge is 0.434 e. The molecule has 0 aromatic carbocycles. The van der Waals surface area contributed by atoms with Crippen LogP contribution in [0.4, 0.5) is 13.2 Å². The Balaban J connectivity index is 2.23. The van der Waals surface area contributed by atoms with Crippen LogP contribution in [-0.2, 0) is 10.9 Å². The quantitative estimate of drug-likeness (QED) is 0.831. The lowest BCUT2D eigenvalue weighted by Gasteiger charge is -2.21.